The molecule has 25 heavy (non-hydrogen) atoms. The maximum Gasteiger partial charge on any atom is 0.228 e. The van der Waals surface area contributed by atoms with Gasteiger partial charge in [-0.2, -0.15) is 0 Å². The maximum absolute atomic E-state index is 13.5. The molecular weight excluding hydrogens is 321 g/mol. The maximum atomic E-state index is 13.5. The lowest BCUT2D eigenvalue weighted by Crippen LogP contribution is -2.35. The third-order valence-electron chi connectivity index (χ3n) is 4.39. The van der Waals surface area contributed by atoms with Gasteiger partial charge in [0.1, 0.15) is 11.6 Å². The molecule has 2 aromatic carbocycles. The van der Waals surface area contributed by atoms with Crippen LogP contribution in [0.3, 0.4) is 0 Å². The molecule has 3 rings (SSSR count). The van der Waals surface area contributed by atoms with Crippen molar-refractivity contribution in [2.24, 2.45) is 5.92 Å². The van der Waals surface area contributed by atoms with Crippen molar-refractivity contribution in [2.75, 3.05) is 20.3 Å². The highest BCUT2D eigenvalue weighted by atomic mass is 19.1. The number of nitrogens with zero attached hydrogens (tertiary/aromatic N) is 1. The molecule has 1 unspecified atom stereocenters. The number of halogens is 1. The van der Waals surface area contributed by atoms with E-state index in [9.17, 15) is 9.18 Å². The summed E-state index contributed by atoms with van der Waals surface area (Å²) in [5.41, 5.74) is 1.78. The number of benzene rings is 2. The van der Waals surface area contributed by atoms with E-state index >= 15 is 0 Å². The molecule has 2 aromatic rings. The van der Waals surface area contributed by atoms with Gasteiger partial charge in [-0.15, -0.1) is 0 Å². The third kappa shape index (κ3) is 4.57. The Labute approximate surface area is 147 Å². The van der Waals surface area contributed by atoms with Crippen LogP contribution < -0.4 is 4.74 Å². The normalized spacial score (nSPS) is 16.6. The van der Waals surface area contributed by atoms with Gasteiger partial charge in [0.05, 0.1) is 19.6 Å². The molecule has 1 fully saturated rings. The van der Waals surface area contributed by atoms with Crippen LogP contribution in [0, 0.1) is 11.7 Å². The molecule has 0 spiro atoms. The van der Waals surface area contributed by atoms with Gasteiger partial charge in [-0.3, -0.25) is 4.79 Å². The van der Waals surface area contributed by atoms with Crippen LogP contribution in [0.25, 0.3) is 0 Å². The second-order valence-corrected chi connectivity index (χ2v) is 6.23. The number of hydrogen-bond acceptors (Lipinski definition) is 3. The highest BCUT2D eigenvalue weighted by Gasteiger charge is 2.28. The Morgan fingerprint density at radius 3 is 2.60 bits per heavy atom. The zero-order valence-corrected chi connectivity index (χ0v) is 14.3. The van der Waals surface area contributed by atoms with Gasteiger partial charge in [0, 0.05) is 19.7 Å². The smallest absolute Gasteiger partial charge is 0.228 e. The summed E-state index contributed by atoms with van der Waals surface area (Å²) in [6.07, 6.45) is 0.737. The van der Waals surface area contributed by atoms with E-state index in [1.807, 2.05) is 30.3 Å². The first kappa shape index (κ1) is 17.4. The number of hydrogen-bond donors (Lipinski definition) is 0. The van der Waals surface area contributed by atoms with E-state index in [1.165, 1.54) is 12.1 Å². The quantitative estimate of drug-likeness (QED) is 0.807. The summed E-state index contributed by atoms with van der Waals surface area (Å²) < 4.78 is 24.0. The Morgan fingerprint density at radius 1 is 1.20 bits per heavy atom. The first-order chi connectivity index (χ1) is 12.2. The zero-order valence-electron chi connectivity index (χ0n) is 14.3. The topological polar surface area (TPSA) is 38.8 Å². The van der Waals surface area contributed by atoms with Gasteiger partial charge >= 0.3 is 0 Å². The summed E-state index contributed by atoms with van der Waals surface area (Å²) in [4.78, 5) is 14.7. The monoisotopic (exact) mass is 343 g/mol. The fraction of sp³-hybridized carbons (Fsp3) is 0.350. The van der Waals surface area contributed by atoms with Crippen molar-refractivity contribution in [3.63, 3.8) is 0 Å². The average molecular weight is 343 g/mol. The molecule has 0 aliphatic carbocycles. The first-order valence-electron chi connectivity index (χ1n) is 8.39. The van der Waals surface area contributed by atoms with E-state index in [-0.39, 0.29) is 17.6 Å². The lowest BCUT2D eigenvalue weighted by molar-refractivity contribution is -0.136. The highest BCUT2D eigenvalue weighted by Crippen LogP contribution is 2.21. The number of ether oxygens (including phenoxy) is 2. The van der Waals surface area contributed by atoms with E-state index in [0.717, 1.165) is 23.3 Å². The molecule has 4 nitrogen and oxygen atoms in total. The van der Waals surface area contributed by atoms with E-state index in [2.05, 4.69) is 0 Å². The number of methoxy groups -OCH3 is 1. The Kier molecular flexibility index (Phi) is 5.66. The van der Waals surface area contributed by atoms with Crippen molar-refractivity contribution >= 4 is 5.91 Å². The van der Waals surface area contributed by atoms with Gasteiger partial charge < -0.3 is 14.4 Å². The predicted molar refractivity (Wildman–Crippen MR) is 92.6 cm³/mol. The Balaban J connectivity index is 1.78. The Bertz CT molecular complexity index is 711. The van der Waals surface area contributed by atoms with Crippen LogP contribution in [0.1, 0.15) is 17.5 Å². The molecule has 1 atom stereocenters. The molecule has 1 saturated heterocycles. The van der Waals surface area contributed by atoms with Crippen molar-refractivity contribution < 1.29 is 18.7 Å². The Hall–Kier alpha value is -2.40. The molecule has 0 radical (unpaired) electrons. The zero-order chi connectivity index (χ0) is 17.6. The molecule has 1 aliphatic rings. The minimum absolute atomic E-state index is 0.0533. The second-order valence-electron chi connectivity index (χ2n) is 6.23. The minimum atomic E-state index is -0.293. The fourth-order valence-corrected chi connectivity index (χ4v) is 3.01. The third-order valence-corrected chi connectivity index (χ3v) is 4.39. The predicted octanol–water partition coefficient (Wildman–Crippen LogP) is 3.40. The summed E-state index contributed by atoms with van der Waals surface area (Å²) in [6, 6.07) is 14.0. The Morgan fingerprint density at radius 2 is 1.96 bits per heavy atom. The van der Waals surface area contributed by atoms with Crippen LogP contribution in [-0.2, 0) is 22.6 Å². The van der Waals surface area contributed by atoms with E-state index < -0.39 is 0 Å². The van der Waals surface area contributed by atoms with Crippen molar-refractivity contribution in [1.29, 1.82) is 0 Å². The number of amides is 1. The number of carbonyl (C=O) groups excluding carboxylic acids is 1. The van der Waals surface area contributed by atoms with Crippen molar-refractivity contribution in [3.8, 4) is 5.75 Å². The van der Waals surface area contributed by atoms with Crippen LogP contribution >= 0.6 is 0 Å². The summed E-state index contributed by atoms with van der Waals surface area (Å²) >= 11 is 0. The van der Waals surface area contributed by atoms with Gasteiger partial charge in [-0.05, 0) is 41.8 Å². The van der Waals surface area contributed by atoms with Gasteiger partial charge in [-0.1, -0.05) is 24.3 Å². The molecule has 1 amide bonds. The summed E-state index contributed by atoms with van der Waals surface area (Å²) in [7, 11) is 1.62. The van der Waals surface area contributed by atoms with Crippen molar-refractivity contribution in [3.05, 3.63) is 65.5 Å². The van der Waals surface area contributed by atoms with Crippen molar-refractivity contribution in [2.45, 2.75) is 19.5 Å². The molecular formula is C20H22FNO3. The fourth-order valence-electron chi connectivity index (χ4n) is 3.01. The second kappa shape index (κ2) is 8.12. The molecule has 5 heteroatoms. The molecule has 0 bridgehead atoms. The molecule has 1 aliphatic heterocycles. The summed E-state index contributed by atoms with van der Waals surface area (Å²) in [5, 5.41) is 0. The minimum Gasteiger partial charge on any atom is -0.497 e. The van der Waals surface area contributed by atoms with Gasteiger partial charge in [0.15, 0.2) is 0 Å². The molecule has 0 aromatic heterocycles. The molecule has 0 saturated carbocycles. The lowest BCUT2D eigenvalue weighted by atomic mass is 10.1. The average Bonchev–Trinajstić information content (AvgIpc) is 3.16. The van der Waals surface area contributed by atoms with Crippen LogP contribution in [-0.4, -0.2) is 31.1 Å². The van der Waals surface area contributed by atoms with Crippen molar-refractivity contribution in [1.82, 2.24) is 4.90 Å². The standard InChI is InChI=1S/C20H22FNO3/c1-24-19-7-5-15(6-8-19)12-22(20(23)17-9-10-25-14-17)13-16-3-2-4-18(21)11-16/h2-8,11,17H,9-10,12-14H2,1H3. The molecule has 132 valence electrons. The largest absolute Gasteiger partial charge is 0.497 e. The highest BCUT2D eigenvalue weighted by molar-refractivity contribution is 5.79. The SMILES string of the molecule is COc1ccc(CN(Cc2cccc(F)c2)C(=O)C2CCOC2)cc1. The van der Waals surface area contributed by atoms with Crippen LogP contribution in [0.15, 0.2) is 48.5 Å². The number of rotatable bonds is 6. The first-order valence-corrected chi connectivity index (χ1v) is 8.39. The van der Waals surface area contributed by atoms with Crippen LogP contribution in [0.4, 0.5) is 4.39 Å². The number of carbonyl (C=O) groups is 1. The van der Waals surface area contributed by atoms with E-state index in [0.29, 0.717) is 26.3 Å². The lowest BCUT2D eigenvalue weighted by Gasteiger charge is -2.25. The van der Waals surface area contributed by atoms with Crippen LogP contribution in [0.2, 0.25) is 0 Å². The van der Waals surface area contributed by atoms with Gasteiger partial charge in [-0.25, -0.2) is 4.39 Å². The van der Waals surface area contributed by atoms with Crippen LogP contribution in [0.5, 0.6) is 5.75 Å². The van der Waals surface area contributed by atoms with E-state index in [1.54, 1.807) is 18.1 Å². The summed E-state index contributed by atoms with van der Waals surface area (Å²) in [6.45, 7) is 1.92. The van der Waals surface area contributed by atoms with Gasteiger partial charge in [0.25, 0.3) is 0 Å². The van der Waals surface area contributed by atoms with Gasteiger partial charge in [0.2, 0.25) is 5.91 Å². The van der Waals surface area contributed by atoms with E-state index in [4.69, 9.17) is 9.47 Å². The summed E-state index contributed by atoms with van der Waals surface area (Å²) in [5.74, 6) is 0.416. The molecule has 0 N–H and O–H groups in total. The molecule has 1 heterocycles.